The summed E-state index contributed by atoms with van der Waals surface area (Å²) in [4.78, 5) is 30.0. The quantitative estimate of drug-likeness (QED) is 0.209. The summed E-state index contributed by atoms with van der Waals surface area (Å²) in [5.74, 6) is -4.11. The second-order valence-corrected chi connectivity index (χ2v) is 9.25. The molecule has 1 aliphatic carbocycles. The minimum atomic E-state index is -1.39. The van der Waals surface area contributed by atoms with Crippen LogP contribution in [0.3, 0.4) is 0 Å². The Kier molecular flexibility index (Phi) is 7.71. The van der Waals surface area contributed by atoms with Crippen molar-refractivity contribution in [3.8, 4) is 0 Å². The van der Waals surface area contributed by atoms with Crippen LogP contribution in [-0.4, -0.2) is 43.5 Å². The Morgan fingerprint density at radius 3 is 2.73 bits per heavy atom. The summed E-state index contributed by atoms with van der Waals surface area (Å²) in [5, 5.41) is 12.6. The molecule has 10 nitrogen and oxygen atoms in total. The van der Waals surface area contributed by atoms with Crippen molar-refractivity contribution in [3.05, 3.63) is 90.8 Å². The standard InChI is InChI=1S/C22H20ClF3N8O2S/c1-3-28-37-19(27)10-34-21(35)30-20(29-18-5-12-8-32(2)31-17(12)6-13(18)23)33(22(34)36)9-11-4-15(25)16(26)7-14(11)24/h3-8,17,27,31H,9-10H2,1-2H3,(H,29,30,35). The number of anilines is 1. The van der Waals surface area contributed by atoms with Crippen LogP contribution in [-0.2, 0) is 13.1 Å². The molecule has 0 bridgehead atoms. The molecule has 0 spiro atoms. The van der Waals surface area contributed by atoms with Gasteiger partial charge in [0.2, 0.25) is 5.95 Å². The molecule has 37 heavy (non-hydrogen) atoms. The van der Waals surface area contributed by atoms with E-state index in [1.54, 1.807) is 31.1 Å². The molecule has 2 heterocycles. The monoisotopic (exact) mass is 552 g/mol. The van der Waals surface area contributed by atoms with Crippen molar-refractivity contribution >= 4 is 40.8 Å². The van der Waals surface area contributed by atoms with Crippen molar-refractivity contribution in [1.29, 1.82) is 5.41 Å². The Bertz CT molecular complexity index is 1510. The van der Waals surface area contributed by atoms with Gasteiger partial charge in [-0.05, 0) is 30.7 Å². The van der Waals surface area contributed by atoms with Crippen molar-refractivity contribution in [2.24, 2.45) is 4.40 Å². The SMILES string of the molecule is CC=NSC(=N)Cn1c(=O)nc(NC2=CC3=CN(C)NC3C=C2Cl)n(Cc2cc(F)c(F)cc2F)c1=O. The molecule has 1 atom stereocenters. The highest BCUT2D eigenvalue weighted by atomic mass is 35.5. The lowest BCUT2D eigenvalue weighted by atomic mass is 10.0. The number of rotatable bonds is 7. The Morgan fingerprint density at radius 1 is 1.27 bits per heavy atom. The fourth-order valence-corrected chi connectivity index (χ4v) is 4.28. The normalized spacial score (nSPS) is 17.0. The number of benzene rings is 1. The minimum Gasteiger partial charge on any atom is -0.324 e. The van der Waals surface area contributed by atoms with Gasteiger partial charge >= 0.3 is 11.4 Å². The van der Waals surface area contributed by atoms with Gasteiger partial charge in [-0.1, -0.05) is 11.6 Å². The van der Waals surface area contributed by atoms with Crippen molar-refractivity contribution in [2.45, 2.75) is 26.1 Å². The first-order chi connectivity index (χ1) is 17.6. The predicted molar refractivity (Wildman–Crippen MR) is 136 cm³/mol. The van der Waals surface area contributed by atoms with Crippen LogP contribution in [0, 0.1) is 22.9 Å². The third kappa shape index (κ3) is 5.70. The highest BCUT2D eigenvalue weighted by Crippen LogP contribution is 2.29. The summed E-state index contributed by atoms with van der Waals surface area (Å²) in [5.41, 5.74) is 1.94. The molecule has 15 heteroatoms. The van der Waals surface area contributed by atoms with E-state index >= 15 is 0 Å². The van der Waals surface area contributed by atoms with Gasteiger partial charge in [-0.2, -0.15) is 4.98 Å². The molecule has 0 amide bonds. The Hall–Kier alpha value is -3.62. The number of nitrogens with zero attached hydrogens (tertiary/aromatic N) is 5. The van der Waals surface area contributed by atoms with E-state index < -0.39 is 41.9 Å². The maximum Gasteiger partial charge on any atom is 0.355 e. The highest BCUT2D eigenvalue weighted by Gasteiger charge is 2.26. The molecule has 0 fully saturated rings. The Balaban J connectivity index is 1.79. The van der Waals surface area contributed by atoms with Crippen LogP contribution in [0.2, 0.25) is 0 Å². The molecule has 0 radical (unpaired) electrons. The van der Waals surface area contributed by atoms with Gasteiger partial charge in [0.05, 0.1) is 29.9 Å². The fourth-order valence-electron chi connectivity index (χ4n) is 3.63. The number of hydrogen-bond acceptors (Lipinski definition) is 9. The highest BCUT2D eigenvalue weighted by molar-refractivity contribution is 8.12. The van der Waals surface area contributed by atoms with Crippen molar-refractivity contribution in [3.63, 3.8) is 0 Å². The number of nitrogens with one attached hydrogen (secondary N) is 3. The number of hydrogen-bond donors (Lipinski definition) is 3. The van der Waals surface area contributed by atoms with E-state index in [1.807, 2.05) is 6.20 Å². The van der Waals surface area contributed by atoms with Gasteiger partial charge in [0.25, 0.3) is 0 Å². The summed E-state index contributed by atoms with van der Waals surface area (Å²) >= 11 is 7.15. The van der Waals surface area contributed by atoms with E-state index in [0.29, 0.717) is 22.4 Å². The minimum absolute atomic E-state index is 0.137. The van der Waals surface area contributed by atoms with Gasteiger partial charge in [-0.15, -0.1) is 0 Å². The first-order valence-electron chi connectivity index (χ1n) is 10.7. The topological polar surface area (TPSA) is 120 Å². The summed E-state index contributed by atoms with van der Waals surface area (Å²) in [7, 11) is 1.80. The van der Waals surface area contributed by atoms with Crippen LogP contribution in [0.15, 0.2) is 60.8 Å². The average Bonchev–Trinajstić information content (AvgIpc) is 3.19. The molecule has 1 aliphatic heterocycles. The maximum atomic E-state index is 14.5. The molecule has 0 saturated heterocycles. The average molecular weight is 553 g/mol. The predicted octanol–water partition coefficient (Wildman–Crippen LogP) is 2.72. The van der Waals surface area contributed by atoms with Crippen LogP contribution < -0.4 is 22.1 Å². The zero-order valence-electron chi connectivity index (χ0n) is 19.4. The van der Waals surface area contributed by atoms with Gasteiger partial charge in [0.1, 0.15) is 10.9 Å². The van der Waals surface area contributed by atoms with E-state index in [-0.39, 0.29) is 27.6 Å². The van der Waals surface area contributed by atoms with Gasteiger partial charge < -0.3 is 10.3 Å². The van der Waals surface area contributed by atoms with E-state index in [0.717, 1.165) is 22.1 Å². The molecule has 0 saturated carbocycles. The largest absolute Gasteiger partial charge is 0.355 e. The molecule has 2 aliphatic rings. The van der Waals surface area contributed by atoms with Crippen LogP contribution in [0.25, 0.3) is 0 Å². The summed E-state index contributed by atoms with van der Waals surface area (Å²) in [6, 6.07) is 0.796. The lowest BCUT2D eigenvalue weighted by Gasteiger charge is -2.21. The molecule has 4 rings (SSSR count). The van der Waals surface area contributed by atoms with Crippen molar-refractivity contribution in [1.82, 2.24) is 24.6 Å². The number of allylic oxidation sites excluding steroid dienone is 1. The fraction of sp³-hybridized carbons (Fsp3) is 0.227. The second-order valence-electron chi connectivity index (χ2n) is 7.95. The van der Waals surface area contributed by atoms with Crippen LogP contribution in [0.4, 0.5) is 19.1 Å². The van der Waals surface area contributed by atoms with Crippen molar-refractivity contribution in [2.75, 3.05) is 12.4 Å². The zero-order valence-corrected chi connectivity index (χ0v) is 21.0. The third-order valence-electron chi connectivity index (χ3n) is 5.31. The van der Waals surface area contributed by atoms with Crippen LogP contribution >= 0.6 is 23.5 Å². The third-order valence-corrected chi connectivity index (χ3v) is 6.31. The number of halogens is 4. The summed E-state index contributed by atoms with van der Waals surface area (Å²) in [6.45, 7) is 0.577. The summed E-state index contributed by atoms with van der Waals surface area (Å²) in [6.07, 6.45) is 6.62. The molecular formula is C22H20ClF3N8O2S. The van der Waals surface area contributed by atoms with Crippen molar-refractivity contribution < 1.29 is 13.2 Å². The molecule has 194 valence electrons. The smallest absolute Gasteiger partial charge is 0.324 e. The molecule has 1 unspecified atom stereocenters. The molecule has 2 aromatic rings. The number of hydrazine groups is 1. The molecule has 1 aromatic carbocycles. The van der Waals surface area contributed by atoms with Crippen LogP contribution in [0.1, 0.15) is 12.5 Å². The summed E-state index contributed by atoms with van der Waals surface area (Å²) < 4.78 is 47.2. The lowest BCUT2D eigenvalue weighted by molar-refractivity contribution is 0.349. The van der Waals surface area contributed by atoms with E-state index in [9.17, 15) is 22.8 Å². The Morgan fingerprint density at radius 2 is 2.00 bits per heavy atom. The maximum absolute atomic E-state index is 14.5. The molecule has 3 N–H and O–H groups in total. The van der Waals surface area contributed by atoms with Gasteiger partial charge in [-0.25, -0.2) is 37.2 Å². The van der Waals surface area contributed by atoms with Gasteiger partial charge in [0, 0.05) is 43.0 Å². The zero-order chi connectivity index (χ0) is 26.9. The first kappa shape index (κ1) is 26.4. The number of fused-ring (bicyclic) bond motifs is 1. The van der Waals surface area contributed by atoms with Gasteiger partial charge in [0.15, 0.2) is 11.6 Å². The van der Waals surface area contributed by atoms with Crippen LogP contribution in [0.5, 0.6) is 0 Å². The van der Waals surface area contributed by atoms with E-state index in [1.165, 1.54) is 6.21 Å². The molecular weight excluding hydrogens is 533 g/mol. The number of aromatic nitrogens is 3. The van der Waals surface area contributed by atoms with Gasteiger partial charge in [-0.3, -0.25) is 9.98 Å². The van der Waals surface area contributed by atoms with E-state index in [4.69, 9.17) is 17.0 Å². The van der Waals surface area contributed by atoms with E-state index in [2.05, 4.69) is 20.1 Å². The second kappa shape index (κ2) is 10.8. The first-order valence-corrected chi connectivity index (χ1v) is 11.9. The lowest BCUT2D eigenvalue weighted by Crippen LogP contribution is -2.44. The molecule has 1 aromatic heterocycles. The Labute approximate surface area is 217 Å².